The molecule has 1 aromatic carbocycles. The molecule has 2 heteroatoms. The van der Waals surface area contributed by atoms with Crippen LogP contribution in [-0.4, -0.2) is 10.9 Å². The number of carbonyl (C=O) groups excluding carboxylic acids is 1. The Morgan fingerprint density at radius 1 is 1.29 bits per heavy atom. The van der Waals surface area contributed by atoms with E-state index >= 15 is 0 Å². The van der Waals surface area contributed by atoms with E-state index < -0.39 is 0 Å². The average Bonchev–Trinajstić information content (AvgIpc) is 2.86. The first-order chi connectivity index (χ1) is 10.0. The molecule has 0 N–H and O–H groups in total. The van der Waals surface area contributed by atoms with Crippen LogP contribution in [0.15, 0.2) is 30.5 Å². The van der Waals surface area contributed by atoms with Crippen molar-refractivity contribution in [2.45, 2.75) is 64.8 Å². The van der Waals surface area contributed by atoms with Gasteiger partial charge in [0.2, 0.25) is 0 Å². The quantitative estimate of drug-likeness (QED) is 0.636. The molecule has 0 saturated carbocycles. The van der Waals surface area contributed by atoms with Crippen molar-refractivity contribution in [3.8, 4) is 0 Å². The largest absolute Gasteiger partial charge is 0.345 e. The van der Waals surface area contributed by atoms with Gasteiger partial charge < -0.3 is 9.36 Å². The standard InChI is InChI=1S/C19H27NO/c1-5-6-11-19(4,12-13-21)17-14-20(15(2)3)18-10-8-7-9-16(17)18/h7-10,13-15H,5-6,11-12H2,1-4H3/t19-/m0/s1. The van der Waals surface area contributed by atoms with Crippen molar-refractivity contribution >= 4 is 17.2 Å². The van der Waals surface area contributed by atoms with E-state index in [-0.39, 0.29) is 5.41 Å². The molecule has 0 fully saturated rings. The Hall–Kier alpha value is -1.57. The van der Waals surface area contributed by atoms with E-state index in [1.165, 1.54) is 16.5 Å². The summed E-state index contributed by atoms with van der Waals surface area (Å²) in [7, 11) is 0. The molecule has 2 rings (SSSR count). The Balaban J connectivity index is 2.59. The summed E-state index contributed by atoms with van der Waals surface area (Å²) in [5.41, 5.74) is 2.54. The fourth-order valence-corrected chi connectivity index (χ4v) is 3.21. The highest BCUT2D eigenvalue weighted by Crippen LogP contribution is 2.38. The average molecular weight is 285 g/mol. The van der Waals surface area contributed by atoms with Gasteiger partial charge in [-0.1, -0.05) is 44.9 Å². The number of nitrogens with zero attached hydrogens (tertiary/aromatic N) is 1. The topological polar surface area (TPSA) is 22.0 Å². The number of benzene rings is 1. The highest BCUT2D eigenvalue weighted by atomic mass is 16.1. The van der Waals surface area contributed by atoms with E-state index in [4.69, 9.17) is 0 Å². The lowest BCUT2D eigenvalue weighted by Crippen LogP contribution is -2.22. The number of aromatic nitrogens is 1. The lowest BCUT2D eigenvalue weighted by atomic mass is 9.76. The maximum absolute atomic E-state index is 11.2. The van der Waals surface area contributed by atoms with Gasteiger partial charge in [0.1, 0.15) is 6.29 Å². The smallest absolute Gasteiger partial charge is 0.120 e. The summed E-state index contributed by atoms with van der Waals surface area (Å²) < 4.78 is 2.33. The van der Waals surface area contributed by atoms with Crippen LogP contribution in [0, 0.1) is 0 Å². The first-order valence-electron chi connectivity index (χ1n) is 8.07. The van der Waals surface area contributed by atoms with E-state index in [0.717, 1.165) is 25.5 Å². The van der Waals surface area contributed by atoms with Gasteiger partial charge in [0.25, 0.3) is 0 Å². The number of carbonyl (C=O) groups is 1. The minimum atomic E-state index is -0.0580. The molecule has 114 valence electrons. The SMILES string of the molecule is CCCC[C@@](C)(CC=O)c1cn(C(C)C)c2ccccc12. The summed E-state index contributed by atoms with van der Waals surface area (Å²) in [4.78, 5) is 11.2. The number of hydrogen-bond donors (Lipinski definition) is 0. The highest BCUT2D eigenvalue weighted by molar-refractivity contribution is 5.85. The third-order valence-electron chi connectivity index (χ3n) is 4.56. The molecular weight excluding hydrogens is 258 g/mol. The van der Waals surface area contributed by atoms with E-state index in [9.17, 15) is 4.79 Å². The fourth-order valence-electron chi connectivity index (χ4n) is 3.21. The van der Waals surface area contributed by atoms with Gasteiger partial charge in [0, 0.05) is 35.0 Å². The summed E-state index contributed by atoms with van der Waals surface area (Å²) in [6, 6.07) is 8.99. The molecule has 0 spiro atoms. The zero-order valence-corrected chi connectivity index (χ0v) is 13.7. The Labute approximate surface area is 128 Å². The van der Waals surface area contributed by atoms with Crippen LogP contribution in [0.5, 0.6) is 0 Å². The van der Waals surface area contributed by atoms with Crippen molar-refractivity contribution < 1.29 is 4.79 Å². The molecule has 1 atom stereocenters. The highest BCUT2D eigenvalue weighted by Gasteiger charge is 2.29. The van der Waals surface area contributed by atoms with Gasteiger partial charge in [0.15, 0.2) is 0 Å². The van der Waals surface area contributed by atoms with Crippen LogP contribution in [-0.2, 0) is 10.2 Å². The van der Waals surface area contributed by atoms with Crippen molar-refractivity contribution in [3.63, 3.8) is 0 Å². The number of fused-ring (bicyclic) bond motifs is 1. The lowest BCUT2D eigenvalue weighted by Gasteiger charge is -2.27. The monoisotopic (exact) mass is 285 g/mol. The van der Waals surface area contributed by atoms with E-state index in [1.54, 1.807) is 0 Å². The third-order valence-corrected chi connectivity index (χ3v) is 4.56. The number of rotatable bonds is 7. The summed E-state index contributed by atoms with van der Waals surface area (Å²) in [6.07, 6.45) is 7.34. The van der Waals surface area contributed by atoms with Gasteiger partial charge in [-0.2, -0.15) is 0 Å². The van der Waals surface area contributed by atoms with Gasteiger partial charge >= 0.3 is 0 Å². The van der Waals surface area contributed by atoms with E-state index in [1.807, 2.05) is 0 Å². The summed E-state index contributed by atoms with van der Waals surface area (Å²) >= 11 is 0. The van der Waals surface area contributed by atoms with Crippen LogP contribution in [0.2, 0.25) is 0 Å². The van der Waals surface area contributed by atoms with Gasteiger partial charge in [-0.15, -0.1) is 0 Å². The predicted octanol–water partition coefficient (Wildman–Crippen LogP) is 5.26. The number of aldehydes is 1. The number of para-hydroxylation sites is 1. The molecule has 0 saturated heterocycles. The molecule has 0 radical (unpaired) electrons. The second-order valence-electron chi connectivity index (χ2n) is 6.60. The molecule has 0 aliphatic rings. The van der Waals surface area contributed by atoms with Crippen LogP contribution in [0.3, 0.4) is 0 Å². The zero-order valence-electron chi connectivity index (χ0n) is 13.7. The van der Waals surface area contributed by atoms with Crippen LogP contribution in [0.1, 0.15) is 65.0 Å². The lowest BCUT2D eigenvalue weighted by molar-refractivity contribution is -0.108. The van der Waals surface area contributed by atoms with Crippen molar-refractivity contribution in [2.24, 2.45) is 0 Å². The minimum absolute atomic E-state index is 0.0580. The molecule has 0 aliphatic heterocycles. The molecule has 21 heavy (non-hydrogen) atoms. The Morgan fingerprint density at radius 2 is 2.00 bits per heavy atom. The summed E-state index contributed by atoms with van der Waals surface area (Å²) in [5.74, 6) is 0. The molecule has 0 unspecified atom stereocenters. The minimum Gasteiger partial charge on any atom is -0.345 e. The zero-order chi connectivity index (χ0) is 15.5. The predicted molar refractivity (Wildman–Crippen MR) is 89.9 cm³/mol. The Morgan fingerprint density at radius 3 is 2.62 bits per heavy atom. The maximum Gasteiger partial charge on any atom is 0.120 e. The second kappa shape index (κ2) is 6.46. The molecular formula is C19H27NO. The van der Waals surface area contributed by atoms with E-state index in [0.29, 0.717) is 12.5 Å². The number of hydrogen-bond acceptors (Lipinski definition) is 1. The van der Waals surface area contributed by atoms with Crippen molar-refractivity contribution in [1.82, 2.24) is 4.57 Å². The van der Waals surface area contributed by atoms with Crippen LogP contribution in [0.25, 0.3) is 10.9 Å². The van der Waals surface area contributed by atoms with Gasteiger partial charge in [-0.3, -0.25) is 0 Å². The maximum atomic E-state index is 11.2. The Kier molecular flexibility index (Phi) is 4.87. The molecule has 1 aromatic heterocycles. The normalized spacial score (nSPS) is 14.5. The van der Waals surface area contributed by atoms with Gasteiger partial charge in [-0.25, -0.2) is 0 Å². The van der Waals surface area contributed by atoms with Crippen LogP contribution in [0.4, 0.5) is 0 Å². The summed E-state index contributed by atoms with van der Waals surface area (Å²) in [6.45, 7) is 8.86. The van der Waals surface area contributed by atoms with Crippen LogP contribution >= 0.6 is 0 Å². The molecule has 1 heterocycles. The third kappa shape index (κ3) is 3.04. The molecule has 2 nitrogen and oxygen atoms in total. The Bertz CT molecular complexity index is 611. The van der Waals surface area contributed by atoms with Crippen molar-refractivity contribution in [3.05, 3.63) is 36.0 Å². The van der Waals surface area contributed by atoms with Crippen molar-refractivity contribution in [2.75, 3.05) is 0 Å². The van der Waals surface area contributed by atoms with E-state index in [2.05, 4.69) is 62.7 Å². The second-order valence-corrected chi connectivity index (χ2v) is 6.60. The molecule has 0 amide bonds. The molecule has 2 aromatic rings. The fraction of sp³-hybridized carbons (Fsp3) is 0.526. The van der Waals surface area contributed by atoms with Gasteiger partial charge in [-0.05, 0) is 31.9 Å². The van der Waals surface area contributed by atoms with Gasteiger partial charge in [0.05, 0.1) is 0 Å². The van der Waals surface area contributed by atoms with Crippen molar-refractivity contribution in [1.29, 1.82) is 0 Å². The molecule has 0 aliphatic carbocycles. The number of unbranched alkanes of at least 4 members (excludes halogenated alkanes) is 1. The van der Waals surface area contributed by atoms with Crippen LogP contribution < -0.4 is 0 Å². The summed E-state index contributed by atoms with van der Waals surface area (Å²) in [5, 5.41) is 1.30. The first kappa shape index (κ1) is 15.8. The first-order valence-corrected chi connectivity index (χ1v) is 8.07. The molecule has 0 bridgehead atoms.